The first-order chi connectivity index (χ1) is 5.31. The molecule has 2 saturated carbocycles. The molecule has 1 unspecified atom stereocenters. The van der Waals surface area contributed by atoms with Crippen molar-refractivity contribution in [3.05, 3.63) is 0 Å². The first-order valence-electron chi connectivity index (χ1n) is 5.31. The van der Waals surface area contributed by atoms with Crippen molar-refractivity contribution in [3.63, 3.8) is 0 Å². The lowest BCUT2D eigenvalue weighted by Crippen LogP contribution is -2.20. The molecule has 0 aromatic rings. The Hall–Kier alpha value is 0. The van der Waals surface area contributed by atoms with Crippen molar-refractivity contribution in [2.45, 2.75) is 58.3 Å². The summed E-state index contributed by atoms with van der Waals surface area (Å²) in [5, 5.41) is 0. The molecule has 0 nitrogen and oxygen atoms in total. The lowest BCUT2D eigenvalue weighted by Gasteiger charge is -2.33. The maximum Gasteiger partial charge on any atom is -0.0295 e. The molecule has 0 heteroatoms. The quantitative estimate of drug-likeness (QED) is 0.496. The van der Waals surface area contributed by atoms with Gasteiger partial charge in [-0.25, -0.2) is 0 Å². The maximum atomic E-state index is 2.43. The number of hydrogen-bond donors (Lipinski definition) is 0. The van der Waals surface area contributed by atoms with Gasteiger partial charge in [-0.3, -0.25) is 0 Å². The van der Waals surface area contributed by atoms with E-state index in [1.165, 1.54) is 25.7 Å². The van der Waals surface area contributed by atoms with E-state index in [2.05, 4.69) is 6.92 Å². The molecule has 0 radical (unpaired) electrons. The Morgan fingerprint density at radius 3 is 2.27 bits per heavy atom. The van der Waals surface area contributed by atoms with E-state index in [0.29, 0.717) is 0 Å². The Balaban J connectivity index is 1.98. The van der Waals surface area contributed by atoms with Crippen LogP contribution in [0, 0.1) is 11.3 Å². The molecule has 64 valence electrons. The molecule has 2 rings (SSSR count). The molecule has 0 aromatic carbocycles. The molecule has 1 spiro atoms. The van der Waals surface area contributed by atoms with Gasteiger partial charge in [0.05, 0.1) is 0 Å². The Bertz CT molecular complexity index is 125. The Kier molecular flexibility index (Phi) is 1.95. The van der Waals surface area contributed by atoms with E-state index in [-0.39, 0.29) is 0 Å². The third kappa shape index (κ3) is 1.45. The topological polar surface area (TPSA) is 0 Å². The van der Waals surface area contributed by atoms with Gasteiger partial charge in [0, 0.05) is 0 Å². The summed E-state index contributed by atoms with van der Waals surface area (Å²) in [6.45, 7) is 2.43. The van der Waals surface area contributed by atoms with Crippen LogP contribution in [-0.2, 0) is 0 Å². The van der Waals surface area contributed by atoms with Crippen molar-refractivity contribution in [1.82, 2.24) is 0 Å². The van der Waals surface area contributed by atoms with Gasteiger partial charge in [-0.05, 0) is 37.0 Å². The van der Waals surface area contributed by atoms with Crippen LogP contribution in [-0.4, -0.2) is 0 Å². The van der Waals surface area contributed by atoms with Crippen molar-refractivity contribution in [1.29, 1.82) is 0 Å². The first kappa shape index (κ1) is 7.64. The summed E-state index contributed by atoms with van der Waals surface area (Å²) >= 11 is 0. The lowest BCUT2D eigenvalue weighted by molar-refractivity contribution is 0.191. The Morgan fingerprint density at radius 1 is 1.00 bits per heavy atom. The van der Waals surface area contributed by atoms with E-state index >= 15 is 0 Å². The number of rotatable bonds is 0. The first-order valence-corrected chi connectivity index (χ1v) is 5.31. The van der Waals surface area contributed by atoms with Gasteiger partial charge in [0.2, 0.25) is 0 Å². The molecular weight excluding hydrogens is 132 g/mol. The van der Waals surface area contributed by atoms with Gasteiger partial charge in [-0.1, -0.05) is 32.6 Å². The van der Waals surface area contributed by atoms with Gasteiger partial charge in [0.15, 0.2) is 0 Å². The molecule has 2 fully saturated rings. The zero-order valence-corrected chi connectivity index (χ0v) is 7.73. The van der Waals surface area contributed by atoms with Crippen LogP contribution >= 0.6 is 0 Å². The largest absolute Gasteiger partial charge is 0.0625 e. The Morgan fingerprint density at radius 2 is 1.73 bits per heavy atom. The second-order valence-corrected chi connectivity index (χ2v) is 4.91. The van der Waals surface area contributed by atoms with Crippen LogP contribution in [0.5, 0.6) is 0 Å². The number of hydrogen-bond acceptors (Lipinski definition) is 0. The van der Waals surface area contributed by atoms with E-state index in [1.807, 2.05) is 0 Å². The lowest BCUT2D eigenvalue weighted by atomic mass is 9.72. The fourth-order valence-corrected chi connectivity index (χ4v) is 3.25. The van der Waals surface area contributed by atoms with Crippen LogP contribution in [0.4, 0.5) is 0 Å². The fraction of sp³-hybridized carbons (Fsp3) is 1.00. The fourth-order valence-electron chi connectivity index (χ4n) is 3.25. The van der Waals surface area contributed by atoms with Gasteiger partial charge in [-0.15, -0.1) is 0 Å². The van der Waals surface area contributed by atoms with E-state index in [4.69, 9.17) is 0 Å². The average Bonchev–Trinajstić information content (AvgIpc) is 2.34. The molecule has 2 aliphatic carbocycles. The van der Waals surface area contributed by atoms with Gasteiger partial charge < -0.3 is 0 Å². The second kappa shape index (κ2) is 2.80. The monoisotopic (exact) mass is 152 g/mol. The molecule has 11 heavy (non-hydrogen) atoms. The van der Waals surface area contributed by atoms with Crippen molar-refractivity contribution in [2.24, 2.45) is 11.3 Å². The van der Waals surface area contributed by atoms with Gasteiger partial charge in [0.1, 0.15) is 0 Å². The van der Waals surface area contributed by atoms with Crippen molar-refractivity contribution >= 4 is 0 Å². The van der Waals surface area contributed by atoms with Crippen LogP contribution in [0.2, 0.25) is 0 Å². The van der Waals surface area contributed by atoms with E-state index in [9.17, 15) is 0 Å². The van der Waals surface area contributed by atoms with Crippen LogP contribution in [0.25, 0.3) is 0 Å². The van der Waals surface area contributed by atoms with E-state index < -0.39 is 0 Å². The van der Waals surface area contributed by atoms with Crippen molar-refractivity contribution < 1.29 is 0 Å². The molecule has 0 aromatic heterocycles. The highest BCUT2D eigenvalue weighted by Gasteiger charge is 2.37. The van der Waals surface area contributed by atoms with E-state index in [0.717, 1.165) is 11.3 Å². The summed E-state index contributed by atoms with van der Waals surface area (Å²) in [5.74, 6) is 1.04. The third-order valence-corrected chi connectivity index (χ3v) is 3.86. The third-order valence-electron chi connectivity index (χ3n) is 3.86. The highest BCUT2D eigenvalue weighted by molar-refractivity contribution is 4.89. The summed E-state index contributed by atoms with van der Waals surface area (Å²) < 4.78 is 0. The minimum absolute atomic E-state index is 0.845. The molecule has 2 aliphatic rings. The summed E-state index contributed by atoms with van der Waals surface area (Å²) in [6, 6.07) is 0. The summed E-state index contributed by atoms with van der Waals surface area (Å²) in [7, 11) is 0. The molecule has 0 heterocycles. The molecular formula is C11H20. The SMILES string of the molecule is CC1CCC2(CCCCC2)C1. The summed E-state index contributed by atoms with van der Waals surface area (Å²) in [6.07, 6.45) is 12.3. The van der Waals surface area contributed by atoms with Gasteiger partial charge in [0.25, 0.3) is 0 Å². The highest BCUT2D eigenvalue weighted by Crippen LogP contribution is 2.50. The normalized spacial score (nSPS) is 36.3. The van der Waals surface area contributed by atoms with Crippen LogP contribution in [0.1, 0.15) is 58.3 Å². The van der Waals surface area contributed by atoms with Crippen LogP contribution in [0.15, 0.2) is 0 Å². The molecule has 1 atom stereocenters. The summed E-state index contributed by atoms with van der Waals surface area (Å²) in [5.41, 5.74) is 0.845. The molecule has 0 amide bonds. The smallest absolute Gasteiger partial charge is 0.0295 e. The van der Waals surface area contributed by atoms with E-state index in [1.54, 1.807) is 25.7 Å². The Labute approximate surface area is 70.4 Å². The zero-order chi connectivity index (χ0) is 7.73. The molecule has 0 aliphatic heterocycles. The predicted octanol–water partition coefficient (Wildman–Crippen LogP) is 3.76. The predicted molar refractivity (Wildman–Crippen MR) is 48.5 cm³/mol. The second-order valence-electron chi connectivity index (χ2n) is 4.91. The maximum absolute atomic E-state index is 2.43. The molecule has 0 N–H and O–H groups in total. The minimum Gasteiger partial charge on any atom is -0.0625 e. The van der Waals surface area contributed by atoms with Crippen LogP contribution in [0.3, 0.4) is 0 Å². The average molecular weight is 152 g/mol. The van der Waals surface area contributed by atoms with Crippen molar-refractivity contribution in [3.8, 4) is 0 Å². The zero-order valence-electron chi connectivity index (χ0n) is 7.73. The van der Waals surface area contributed by atoms with Gasteiger partial charge in [-0.2, -0.15) is 0 Å². The van der Waals surface area contributed by atoms with Crippen LogP contribution < -0.4 is 0 Å². The van der Waals surface area contributed by atoms with Gasteiger partial charge >= 0.3 is 0 Å². The standard InChI is InChI=1S/C11H20/c1-10-5-8-11(9-10)6-3-2-4-7-11/h10H,2-9H2,1H3. The molecule has 0 bridgehead atoms. The summed E-state index contributed by atoms with van der Waals surface area (Å²) in [4.78, 5) is 0. The highest BCUT2D eigenvalue weighted by atomic mass is 14.4. The molecule has 0 saturated heterocycles. The minimum atomic E-state index is 0.845. The van der Waals surface area contributed by atoms with Crippen molar-refractivity contribution in [2.75, 3.05) is 0 Å².